The lowest BCUT2D eigenvalue weighted by Gasteiger charge is -2.21. The number of amides is 1. The molecule has 1 rings (SSSR count). The summed E-state index contributed by atoms with van der Waals surface area (Å²) in [7, 11) is 1.72. The molecule has 0 aliphatic heterocycles. The van der Waals surface area contributed by atoms with Crippen LogP contribution in [0.15, 0.2) is 12.4 Å². The number of aliphatic hydroxyl groups excluding tert-OH is 1. The van der Waals surface area contributed by atoms with E-state index in [0.29, 0.717) is 24.6 Å². The number of nitrogens with one attached hydrogen (secondary N) is 1. The second-order valence-electron chi connectivity index (χ2n) is 3.91. The average Bonchev–Trinajstić information content (AvgIpc) is 2.42. The first-order valence-corrected chi connectivity index (χ1v) is 6.12. The molecule has 1 heterocycles. The highest BCUT2D eigenvalue weighted by Crippen LogP contribution is 2.06. The molecule has 2 N–H and O–H groups in total. The Balaban J connectivity index is 2.79. The van der Waals surface area contributed by atoms with E-state index in [1.807, 2.05) is 0 Å². The van der Waals surface area contributed by atoms with Gasteiger partial charge in [-0.15, -0.1) is 0 Å². The monoisotopic (exact) mass is 252 g/mol. The number of nitrogens with zero attached hydrogens (tertiary/aromatic N) is 3. The van der Waals surface area contributed by atoms with Crippen molar-refractivity contribution in [2.45, 2.75) is 19.8 Å². The van der Waals surface area contributed by atoms with Crippen LogP contribution in [0.2, 0.25) is 0 Å². The highest BCUT2D eigenvalue weighted by atomic mass is 16.3. The molecule has 0 bridgehead atoms. The van der Waals surface area contributed by atoms with Crippen LogP contribution in [0.3, 0.4) is 0 Å². The lowest BCUT2D eigenvalue weighted by Crippen LogP contribution is -2.35. The molecule has 0 fully saturated rings. The third-order valence-electron chi connectivity index (χ3n) is 2.55. The number of hydrogen-bond acceptors (Lipinski definition) is 5. The smallest absolute Gasteiger partial charge is 0.274 e. The van der Waals surface area contributed by atoms with Crippen molar-refractivity contribution in [1.29, 1.82) is 0 Å². The van der Waals surface area contributed by atoms with E-state index in [-0.39, 0.29) is 12.5 Å². The molecule has 0 radical (unpaired) electrons. The number of carbonyl (C=O) groups is 1. The summed E-state index contributed by atoms with van der Waals surface area (Å²) in [6, 6.07) is 0. The number of unbranched alkanes of at least 4 members (excludes halogenated alkanes) is 1. The second kappa shape index (κ2) is 7.60. The van der Waals surface area contributed by atoms with Gasteiger partial charge in [0.05, 0.1) is 19.0 Å². The van der Waals surface area contributed by atoms with Gasteiger partial charge >= 0.3 is 0 Å². The molecule has 0 atom stereocenters. The summed E-state index contributed by atoms with van der Waals surface area (Å²) in [5.41, 5.74) is 0.298. The first-order valence-electron chi connectivity index (χ1n) is 6.12. The molecule has 0 spiro atoms. The van der Waals surface area contributed by atoms with Gasteiger partial charge in [-0.2, -0.15) is 0 Å². The van der Waals surface area contributed by atoms with E-state index in [1.54, 1.807) is 18.1 Å². The van der Waals surface area contributed by atoms with Crippen LogP contribution in [0.5, 0.6) is 0 Å². The van der Waals surface area contributed by atoms with Gasteiger partial charge in [-0.3, -0.25) is 9.78 Å². The van der Waals surface area contributed by atoms with E-state index in [0.717, 1.165) is 12.8 Å². The summed E-state index contributed by atoms with van der Waals surface area (Å²) < 4.78 is 0. The summed E-state index contributed by atoms with van der Waals surface area (Å²) in [6.07, 6.45) is 4.90. The molecule has 0 saturated carbocycles. The topological polar surface area (TPSA) is 78.3 Å². The molecule has 6 heteroatoms. The fourth-order valence-corrected chi connectivity index (χ4v) is 1.54. The molecule has 18 heavy (non-hydrogen) atoms. The van der Waals surface area contributed by atoms with Crippen molar-refractivity contribution in [3.8, 4) is 0 Å². The van der Waals surface area contributed by atoms with Crippen LogP contribution in [0, 0.1) is 0 Å². The van der Waals surface area contributed by atoms with Crippen molar-refractivity contribution in [1.82, 2.24) is 14.9 Å². The van der Waals surface area contributed by atoms with E-state index >= 15 is 0 Å². The van der Waals surface area contributed by atoms with Crippen LogP contribution >= 0.6 is 0 Å². The van der Waals surface area contributed by atoms with E-state index in [1.165, 1.54) is 6.20 Å². The zero-order valence-electron chi connectivity index (χ0n) is 10.9. The Morgan fingerprint density at radius 1 is 1.44 bits per heavy atom. The average molecular weight is 252 g/mol. The van der Waals surface area contributed by atoms with Crippen LogP contribution in [-0.2, 0) is 0 Å². The van der Waals surface area contributed by atoms with Gasteiger partial charge in [-0.1, -0.05) is 13.3 Å². The minimum Gasteiger partial charge on any atom is -0.395 e. The van der Waals surface area contributed by atoms with Crippen LogP contribution in [-0.4, -0.2) is 52.6 Å². The van der Waals surface area contributed by atoms with Crippen LogP contribution in [0.25, 0.3) is 0 Å². The van der Waals surface area contributed by atoms with Crippen molar-refractivity contribution >= 4 is 11.7 Å². The van der Waals surface area contributed by atoms with Gasteiger partial charge in [0.2, 0.25) is 0 Å². The Bertz CT molecular complexity index is 384. The molecule has 0 saturated heterocycles. The SMILES string of the molecule is CCCCN(CCO)C(=O)c1cncc(NC)n1. The van der Waals surface area contributed by atoms with Crippen molar-refractivity contribution in [3.63, 3.8) is 0 Å². The Hall–Kier alpha value is -1.69. The zero-order valence-corrected chi connectivity index (χ0v) is 10.9. The fraction of sp³-hybridized carbons (Fsp3) is 0.583. The van der Waals surface area contributed by atoms with E-state index < -0.39 is 0 Å². The molecule has 100 valence electrons. The summed E-state index contributed by atoms with van der Waals surface area (Å²) in [6.45, 7) is 2.96. The van der Waals surface area contributed by atoms with Gasteiger partial charge < -0.3 is 15.3 Å². The summed E-state index contributed by atoms with van der Waals surface area (Å²) in [5, 5.41) is 11.8. The zero-order chi connectivity index (χ0) is 13.4. The van der Waals surface area contributed by atoms with Gasteiger partial charge in [0.1, 0.15) is 11.5 Å². The molecule has 6 nitrogen and oxygen atoms in total. The Labute approximate surface area is 107 Å². The van der Waals surface area contributed by atoms with Crippen molar-refractivity contribution in [2.75, 3.05) is 32.1 Å². The third-order valence-corrected chi connectivity index (χ3v) is 2.55. The number of aliphatic hydroxyl groups is 1. The van der Waals surface area contributed by atoms with Gasteiger partial charge in [0.15, 0.2) is 0 Å². The van der Waals surface area contributed by atoms with Crippen LogP contribution in [0.1, 0.15) is 30.3 Å². The molecule has 0 aromatic carbocycles. The number of anilines is 1. The maximum Gasteiger partial charge on any atom is 0.274 e. The summed E-state index contributed by atoms with van der Waals surface area (Å²) >= 11 is 0. The van der Waals surface area contributed by atoms with Crippen molar-refractivity contribution < 1.29 is 9.90 Å². The Morgan fingerprint density at radius 2 is 2.22 bits per heavy atom. The number of hydrogen-bond donors (Lipinski definition) is 2. The highest BCUT2D eigenvalue weighted by molar-refractivity contribution is 5.92. The van der Waals surface area contributed by atoms with Crippen LogP contribution < -0.4 is 5.32 Å². The fourth-order valence-electron chi connectivity index (χ4n) is 1.54. The van der Waals surface area contributed by atoms with E-state index in [2.05, 4.69) is 22.2 Å². The molecular formula is C12H20N4O2. The normalized spacial score (nSPS) is 10.2. The van der Waals surface area contributed by atoms with Gasteiger partial charge in [0.25, 0.3) is 5.91 Å². The first kappa shape index (κ1) is 14.4. The quantitative estimate of drug-likeness (QED) is 0.749. The maximum atomic E-state index is 12.2. The van der Waals surface area contributed by atoms with Gasteiger partial charge in [-0.05, 0) is 6.42 Å². The predicted octanol–water partition coefficient (Wildman–Crippen LogP) is 0.753. The van der Waals surface area contributed by atoms with Gasteiger partial charge in [-0.25, -0.2) is 4.98 Å². The second-order valence-corrected chi connectivity index (χ2v) is 3.91. The lowest BCUT2D eigenvalue weighted by molar-refractivity contribution is 0.0713. The molecule has 0 aliphatic carbocycles. The Kier molecular flexibility index (Phi) is 6.07. The van der Waals surface area contributed by atoms with Crippen LogP contribution in [0.4, 0.5) is 5.82 Å². The summed E-state index contributed by atoms with van der Waals surface area (Å²) in [5.74, 6) is 0.363. The van der Waals surface area contributed by atoms with E-state index in [4.69, 9.17) is 5.11 Å². The molecule has 1 aromatic rings. The molecule has 1 amide bonds. The number of aromatic nitrogens is 2. The van der Waals surface area contributed by atoms with Gasteiger partial charge in [0, 0.05) is 20.1 Å². The maximum absolute atomic E-state index is 12.2. The molecule has 1 aromatic heterocycles. The Morgan fingerprint density at radius 3 is 2.83 bits per heavy atom. The summed E-state index contributed by atoms with van der Waals surface area (Å²) in [4.78, 5) is 21.9. The molecule has 0 aliphatic rings. The first-order chi connectivity index (χ1) is 8.72. The third kappa shape index (κ3) is 3.96. The predicted molar refractivity (Wildman–Crippen MR) is 69.5 cm³/mol. The number of rotatable bonds is 7. The largest absolute Gasteiger partial charge is 0.395 e. The van der Waals surface area contributed by atoms with E-state index in [9.17, 15) is 4.79 Å². The standard InChI is InChI=1S/C12H20N4O2/c1-3-4-5-16(6-7-17)12(18)10-8-14-9-11(13-2)15-10/h8-9,17H,3-7H2,1-2H3,(H,13,15). The molecular weight excluding hydrogens is 232 g/mol. The van der Waals surface area contributed by atoms with Crippen molar-refractivity contribution in [3.05, 3.63) is 18.1 Å². The lowest BCUT2D eigenvalue weighted by atomic mass is 10.3. The molecule has 0 unspecified atom stereocenters. The minimum absolute atomic E-state index is 0.0470. The van der Waals surface area contributed by atoms with Crippen molar-refractivity contribution in [2.24, 2.45) is 0 Å². The number of carbonyl (C=O) groups excluding carboxylic acids is 1. The highest BCUT2D eigenvalue weighted by Gasteiger charge is 2.16. The minimum atomic E-state index is -0.192.